The van der Waals surface area contributed by atoms with E-state index in [9.17, 15) is 14.7 Å². The van der Waals surface area contributed by atoms with Crippen LogP contribution < -0.4 is 0 Å². The number of ether oxygens (including phenoxy) is 2. The molecule has 0 bridgehead atoms. The van der Waals surface area contributed by atoms with Gasteiger partial charge in [-0.15, -0.1) is 0 Å². The first-order chi connectivity index (χ1) is 24.1. The van der Waals surface area contributed by atoms with Crippen LogP contribution in [0.2, 0.25) is 0 Å². The maximum Gasteiger partial charge on any atom is 0.306 e. The second-order valence-electron chi connectivity index (χ2n) is 14.4. The first kappa shape index (κ1) is 47.4. The van der Waals surface area contributed by atoms with Gasteiger partial charge in [-0.25, -0.2) is 0 Å². The van der Waals surface area contributed by atoms with E-state index in [0.29, 0.717) is 12.8 Å². The van der Waals surface area contributed by atoms with E-state index in [1.807, 2.05) is 0 Å². The first-order valence-electron chi connectivity index (χ1n) is 21.4. The number of hydrogen-bond donors (Lipinski definition) is 1. The lowest BCUT2D eigenvalue weighted by Crippen LogP contribution is -2.28. The van der Waals surface area contributed by atoms with E-state index >= 15 is 0 Å². The Morgan fingerprint density at radius 2 is 0.816 bits per heavy atom. The van der Waals surface area contributed by atoms with E-state index in [1.165, 1.54) is 148 Å². The van der Waals surface area contributed by atoms with E-state index in [0.717, 1.165) is 51.4 Å². The zero-order valence-corrected chi connectivity index (χ0v) is 32.7. The van der Waals surface area contributed by atoms with Gasteiger partial charge in [-0.1, -0.05) is 192 Å². The summed E-state index contributed by atoms with van der Waals surface area (Å²) in [6.45, 7) is 4.13. The van der Waals surface area contributed by atoms with Crippen molar-refractivity contribution >= 4 is 11.9 Å². The summed E-state index contributed by atoms with van der Waals surface area (Å²) >= 11 is 0. The Kier molecular flexibility index (Phi) is 39.5. The summed E-state index contributed by atoms with van der Waals surface area (Å²) in [5, 5.41) is 9.57. The van der Waals surface area contributed by atoms with Crippen molar-refractivity contribution in [3.63, 3.8) is 0 Å². The van der Waals surface area contributed by atoms with Crippen molar-refractivity contribution in [2.45, 2.75) is 232 Å². The number of allylic oxidation sites excluding steroid dienone is 4. The Morgan fingerprint density at radius 1 is 0.469 bits per heavy atom. The molecule has 0 aliphatic carbocycles. The highest BCUT2D eigenvalue weighted by molar-refractivity contribution is 5.70. The summed E-state index contributed by atoms with van der Waals surface area (Å²) in [6, 6.07) is 0. The Labute approximate surface area is 304 Å². The van der Waals surface area contributed by atoms with Crippen LogP contribution in [0.25, 0.3) is 0 Å². The fraction of sp³-hybridized carbons (Fsp3) is 0.864. The van der Waals surface area contributed by atoms with Crippen LogP contribution in [0, 0.1) is 0 Å². The average Bonchev–Trinajstić information content (AvgIpc) is 3.10. The third kappa shape index (κ3) is 39.0. The number of aliphatic hydroxyl groups is 1. The van der Waals surface area contributed by atoms with Gasteiger partial charge in [0.05, 0.1) is 6.61 Å². The molecule has 0 aromatic rings. The molecule has 0 heterocycles. The monoisotopic (exact) mass is 691 g/mol. The minimum Gasteiger partial charge on any atom is -0.462 e. The molecule has 0 radical (unpaired) electrons. The molecule has 0 aromatic heterocycles. The van der Waals surface area contributed by atoms with Gasteiger partial charge in [-0.3, -0.25) is 9.59 Å². The van der Waals surface area contributed by atoms with Gasteiger partial charge in [0.15, 0.2) is 6.10 Å². The minimum atomic E-state index is -0.774. The van der Waals surface area contributed by atoms with Gasteiger partial charge < -0.3 is 14.6 Å². The molecule has 0 aliphatic rings. The summed E-state index contributed by atoms with van der Waals surface area (Å²) in [5.74, 6) is -0.596. The number of carbonyl (C=O) groups excluding carboxylic acids is 2. The molecule has 1 atom stereocenters. The van der Waals surface area contributed by atoms with E-state index < -0.39 is 6.10 Å². The molecule has 0 rings (SSSR count). The zero-order valence-electron chi connectivity index (χ0n) is 32.7. The SMILES string of the molecule is CCCCCC/C=C\C/C=C\CCCCCCCC(=O)OC(CO)COC(=O)CCCCCCCCCCCCCCCCCCCCC. The maximum atomic E-state index is 12.2. The van der Waals surface area contributed by atoms with Crippen LogP contribution in [-0.4, -0.2) is 36.4 Å². The number of unbranched alkanes of at least 4 members (excludes halogenated alkanes) is 27. The Balaban J connectivity index is 3.52. The van der Waals surface area contributed by atoms with Crippen molar-refractivity contribution in [1.82, 2.24) is 0 Å². The molecule has 5 nitrogen and oxygen atoms in total. The normalized spacial score (nSPS) is 12.3. The number of rotatable bonds is 39. The topological polar surface area (TPSA) is 72.8 Å². The summed E-state index contributed by atoms with van der Waals surface area (Å²) < 4.78 is 10.6. The quantitative estimate of drug-likeness (QED) is 0.0395. The molecule has 0 saturated carbocycles. The molecule has 0 aliphatic heterocycles. The molecule has 1 unspecified atom stereocenters. The third-order valence-corrected chi connectivity index (χ3v) is 9.50. The molecule has 0 saturated heterocycles. The molecular weight excluding hydrogens is 608 g/mol. The number of carbonyl (C=O) groups is 2. The van der Waals surface area contributed by atoms with Gasteiger partial charge in [0.25, 0.3) is 0 Å². The standard InChI is InChI=1S/C44H82O5/c1-3-5-7-9-11-13-15-17-19-21-22-23-25-26-28-30-32-34-36-38-43(46)48-41-42(40-45)49-44(47)39-37-35-33-31-29-27-24-20-18-16-14-12-10-8-6-4-2/h14,16,20,24,42,45H,3-13,15,17-19,21-23,25-41H2,1-2H3/b16-14-,24-20-. The van der Waals surface area contributed by atoms with Gasteiger partial charge in [-0.05, 0) is 44.9 Å². The van der Waals surface area contributed by atoms with Crippen LogP contribution in [0.5, 0.6) is 0 Å². The molecule has 0 aromatic carbocycles. The lowest BCUT2D eigenvalue weighted by Gasteiger charge is -2.15. The molecule has 0 amide bonds. The van der Waals surface area contributed by atoms with Crippen LogP contribution in [0.1, 0.15) is 226 Å². The number of aliphatic hydroxyl groups excluding tert-OH is 1. The number of hydrogen-bond acceptors (Lipinski definition) is 5. The summed E-state index contributed by atoms with van der Waals surface area (Å²) in [7, 11) is 0. The summed E-state index contributed by atoms with van der Waals surface area (Å²) in [4.78, 5) is 24.3. The summed E-state index contributed by atoms with van der Waals surface area (Å²) in [6.07, 6.45) is 48.1. The predicted octanol–water partition coefficient (Wildman–Crippen LogP) is 13.5. The zero-order chi connectivity index (χ0) is 35.7. The van der Waals surface area contributed by atoms with Crippen LogP contribution in [0.3, 0.4) is 0 Å². The van der Waals surface area contributed by atoms with E-state index in [4.69, 9.17) is 9.47 Å². The summed E-state index contributed by atoms with van der Waals surface area (Å²) in [5.41, 5.74) is 0. The maximum absolute atomic E-state index is 12.2. The second kappa shape index (κ2) is 40.8. The molecule has 49 heavy (non-hydrogen) atoms. The van der Waals surface area contributed by atoms with Crippen LogP contribution >= 0.6 is 0 Å². The van der Waals surface area contributed by atoms with Crippen molar-refractivity contribution in [1.29, 1.82) is 0 Å². The first-order valence-corrected chi connectivity index (χ1v) is 21.4. The molecule has 1 N–H and O–H groups in total. The fourth-order valence-electron chi connectivity index (χ4n) is 6.23. The highest BCUT2D eigenvalue weighted by Gasteiger charge is 2.16. The lowest BCUT2D eigenvalue weighted by atomic mass is 10.0. The van der Waals surface area contributed by atoms with E-state index in [2.05, 4.69) is 38.2 Å². The van der Waals surface area contributed by atoms with Gasteiger partial charge in [0.1, 0.15) is 6.61 Å². The molecular formula is C44H82O5. The van der Waals surface area contributed by atoms with Crippen molar-refractivity contribution in [3.8, 4) is 0 Å². The van der Waals surface area contributed by atoms with Gasteiger partial charge in [0.2, 0.25) is 0 Å². The molecule has 0 spiro atoms. The Hall–Kier alpha value is -1.62. The second-order valence-corrected chi connectivity index (χ2v) is 14.4. The van der Waals surface area contributed by atoms with Gasteiger partial charge >= 0.3 is 11.9 Å². The third-order valence-electron chi connectivity index (χ3n) is 9.50. The average molecular weight is 691 g/mol. The Morgan fingerprint density at radius 3 is 1.22 bits per heavy atom. The van der Waals surface area contributed by atoms with Crippen LogP contribution in [0.4, 0.5) is 0 Å². The van der Waals surface area contributed by atoms with Crippen molar-refractivity contribution in [2.24, 2.45) is 0 Å². The minimum absolute atomic E-state index is 0.0670. The largest absolute Gasteiger partial charge is 0.462 e. The van der Waals surface area contributed by atoms with Gasteiger partial charge in [0, 0.05) is 12.8 Å². The van der Waals surface area contributed by atoms with E-state index in [-0.39, 0.29) is 25.2 Å². The number of esters is 2. The van der Waals surface area contributed by atoms with Crippen molar-refractivity contribution < 1.29 is 24.2 Å². The Bertz CT molecular complexity index is 746. The van der Waals surface area contributed by atoms with Crippen molar-refractivity contribution in [2.75, 3.05) is 13.2 Å². The fourth-order valence-corrected chi connectivity index (χ4v) is 6.23. The van der Waals surface area contributed by atoms with Crippen LogP contribution in [0.15, 0.2) is 24.3 Å². The molecule has 288 valence electrons. The highest BCUT2D eigenvalue weighted by Crippen LogP contribution is 2.15. The molecule has 0 fully saturated rings. The predicted molar refractivity (Wildman–Crippen MR) is 210 cm³/mol. The highest BCUT2D eigenvalue weighted by atomic mass is 16.6. The van der Waals surface area contributed by atoms with E-state index in [1.54, 1.807) is 0 Å². The smallest absolute Gasteiger partial charge is 0.306 e. The molecule has 5 heteroatoms. The van der Waals surface area contributed by atoms with Gasteiger partial charge in [-0.2, -0.15) is 0 Å². The lowest BCUT2D eigenvalue weighted by molar-refractivity contribution is -0.161. The van der Waals surface area contributed by atoms with Crippen molar-refractivity contribution in [3.05, 3.63) is 24.3 Å². The van der Waals surface area contributed by atoms with Crippen LogP contribution in [-0.2, 0) is 19.1 Å².